The highest BCUT2D eigenvalue weighted by molar-refractivity contribution is 5.79. The number of nitrogens with zero attached hydrogens (tertiary/aromatic N) is 2. The summed E-state index contributed by atoms with van der Waals surface area (Å²) >= 11 is 0. The van der Waals surface area contributed by atoms with Crippen molar-refractivity contribution in [1.29, 1.82) is 0 Å². The minimum atomic E-state index is 0.751. The number of guanidine groups is 1. The maximum Gasteiger partial charge on any atom is 0.193 e. The molecule has 0 heterocycles. The van der Waals surface area contributed by atoms with Gasteiger partial charge in [-0.2, -0.15) is 0 Å². The van der Waals surface area contributed by atoms with E-state index >= 15 is 0 Å². The van der Waals surface area contributed by atoms with Crippen molar-refractivity contribution in [2.24, 2.45) is 4.99 Å². The van der Waals surface area contributed by atoms with Crippen LogP contribution in [0.5, 0.6) is 5.75 Å². The number of benzene rings is 1. The van der Waals surface area contributed by atoms with E-state index < -0.39 is 0 Å². The van der Waals surface area contributed by atoms with Crippen molar-refractivity contribution in [3.05, 3.63) is 29.8 Å². The lowest BCUT2D eigenvalue weighted by molar-refractivity contribution is 0.409. The third kappa shape index (κ3) is 4.28. The first-order valence-electron chi connectivity index (χ1n) is 6.26. The molecule has 100 valence electrons. The SMILES string of the molecule is CCNC(=NCCc1ccccc1OC)N(C)C. The molecule has 0 spiro atoms. The van der Waals surface area contributed by atoms with E-state index in [9.17, 15) is 0 Å². The van der Waals surface area contributed by atoms with E-state index in [1.165, 1.54) is 5.56 Å². The quantitative estimate of drug-likeness (QED) is 0.638. The maximum atomic E-state index is 5.32. The summed E-state index contributed by atoms with van der Waals surface area (Å²) in [6.07, 6.45) is 0.882. The molecule has 0 fully saturated rings. The molecule has 0 amide bonds. The Hall–Kier alpha value is -1.71. The fourth-order valence-corrected chi connectivity index (χ4v) is 1.71. The highest BCUT2D eigenvalue weighted by Crippen LogP contribution is 2.17. The number of rotatable bonds is 5. The maximum absolute atomic E-state index is 5.32. The van der Waals surface area contributed by atoms with Crippen LogP contribution in [0.1, 0.15) is 12.5 Å². The smallest absolute Gasteiger partial charge is 0.193 e. The first-order valence-corrected chi connectivity index (χ1v) is 6.26. The van der Waals surface area contributed by atoms with Crippen molar-refractivity contribution in [2.75, 3.05) is 34.3 Å². The molecule has 18 heavy (non-hydrogen) atoms. The van der Waals surface area contributed by atoms with E-state index in [0.717, 1.165) is 31.2 Å². The molecule has 0 unspecified atom stereocenters. The molecule has 1 aromatic carbocycles. The summed E-state index contributed by atoms with van der Waals surface area (Å²) in [4.78, 5) is 6.55. The van der Waals surface area contributed by atoms with Crippen LogP contribution < -0.4 is 10.1 Å². The highest BCUT2D eigenvalue weighted by atomic mass is 16.5. The van der Waals surface area contributed by atoms with Gasteiger partial charge in [-0.3, -0.25) is 4.99 Å². The van der Waals surface area contributed by atoms with Crippen molar-refractivity contribution in [2.45, 2.75) is 13.3 Å². The Bertz CT molecular complexity index is 388. The zero-order valence-corrected chi connectivity index (χ0v) is 11.7. The Morgan fingerprint density at radius 3 is 2.67 bits per heavy atom. The Balaban J connectivity index is 2.61. The molecular formula is C14H23N3O. The lowest BCUT2D eigenvalue weighted by Crippen LogP contribution is -2.36. The predicted octanol–water partition coefficient (Wildman–Crippen LogP) is 1.76. The zero-order valence-electron chi connectivity index (χ0n) is 11.7. The molecule has 4 heteroatoms. The van der Waals surface area contributed by atoms with Gasteiger partial charge in [0.1, 0.15) is 5.75 Å². The van der Waals surface area contributed by atoms with Gasteiger partial charge >= 0.3 is 0 Å². The van der Waals surface area contributed by atoms with Crippen LogP contribution in [0.25, 0.3) is 0 Å². The average Bonchev–Trinajstić information content (AvgIpc) is 2.38. The molecule has 4 nitrogen and oxygen atoms in total. The van der Waals surface area contributed by atoms with Gasteiger partial charge in [0, 0.05) is 27.2 Å². The summed E-state index contributed by atoms with van der Waals surface area (Å²) in [5.74, 6) is 1.86. The monoisotopic (exact) mass is 249 g/mol. The number of methoxy groups -OCH3 is 1. The van der Waals surface area contributed by atoms with Crippen molar-refractivity contribution in [1.82, 2.24) is 10.2 Å². The number of para-hydroxylation sites is 1. The van der Waals surface area contributed by atoms with Gasteiger partial charge in [-0.05, 0) is 25.0 Å². The molecule has 0 radical (unpaired) electrons. The van der Waals surface area contributed by atoms with Crippen LogP contribution in [-0.2, 0) is 6.42 Å². The van der Waals surface area contributed by atoms with Crippen molar-refractivity contribution in [3.63, 3.8) is 0 Å². The van der Waals surface area contributed by atoms with Crippen molar-refractivity contribution >= 4 is 5.96 Å². The number of hydrogen-bond acceptors (Lipinski definition) is 2. The van der Waals surface area contributed by atoms with Gasteiger partial charge in [0.05, 0.1) is 7.11 Å². The first kappa shape index (κ1) is 14.4. The second-order valence-electron chi connectivity index (χ2n) is 4.19. The Morgan fingerprint density at radius 2 is 2.06 bits per heavy atom. The van der Waals surface area contributed by atoms with Crippen molar-refractivity contribution < 1.29 is 4.74 Å². The van der Waals surface area contributed by atoms with E-state index in [1.807, 2.05) is 37.2 Å². The van der Waals surface area contributed by atoms with Gasteiger partial charge in [0.25, 0.3) is 0 Å². The Kier molecular flexibility index (Phi) is 6.05. The molecule has 0 aromatic heterocycles. The molecule has 0 saturated heterocycles. The molecule has 1 aromatic rings. The van der Waals surface area contributed by atoms with Crippen molar-refractivity contribution in [3.8, 4) is 5.75 Å². The van der Waals surface area contributed by atoms with Gasteiger partial charge < -0.3 is 15.0 Å². The number of ether oxygens (including phenoxy) is 1. The first-order chi connectivity index (χ1) is 8.69. The standard InChI is InChI=1S/C14H23N3O/c1-5-15-14(17(2)3)16-11-10-12-8-6-7-9-13(12)18-4/h6-9H,5,10-11H2,1-4H3,(H,15,16). The molecule has 0 atom stereocenters. The normalized spacial score (nSPS) is 11.2. The second-order valence-corrected chi connectivity index (χ2v) is 4.19. The molecule has 0 aliphatic carbocycles. The third-order valence-electron chi connectivity index (χ3n) is 2.59. The number of hydrogen-bond donors (Lipinski definition) is 1. The fraction of sp³-hybridized carbons (Fsp3) is 0.500. The van der Waals surface area contributed by atoms with Crippen LogP contribution in [0.15, 0.2) is 29.3 Å². The predicted molar refractivity (Wildman–Crippen MR) is 76.4 cm³/mol. The third-order valence-corrected chi connectivity index (χ3v) is 2.59. The summed E-state index contributed by atoms with van der Waals surface area (Å²) in [5.41, 5.74) is 1.19. The highest BCUT2D eigenvalue weighted by Gasteiger charge is 2.02. The molecule has 0 bridgehead atoms. The largest absolute Gasteiger partial charge is 0.496 e. The molecule has 1 N–H and O–H groups in total. The summed E-state index contributed by atoms with van der Waals surface area (Å²) < 4.78 is 5.32. The topological polar surface area (TPSA) is 36.9 Å². The number of nitrogens with one attached hydrogen (secondary N) is 1. The Labute approximate surface area is 110 Å². The minimum absolute atomic E-state index is 0.751. The minimum Gasteiger partial charge on any atom is -0.496 e. The lowest BCUT2D eigenvalue weighted by atomic mass is 10.1. The van der Waals surface area contributed by atoms with Crippen LogP contribution in [0.3, 0.4) is 0 Å². The summed E-state index contributed by atoms with van der Waals surface area (Å²) in [5, 5.41) is 3.24. The second kappa shape index (κ2) is 7.58. The Morgan fingerprint density at radius 1 is 1.33 bits per heavy atom. The van der Waals surface area contributed by atoms with Crippen LogP contribution >= 0.6 is 0 Å². The zero-order chi connectivity index (χ0) is 13.4. The van der Waals surface area contributed by atoms with Gasteiger partial charge in [0.15, 0.2) is 5.96 Å². The van der Waals surface area contributed by atoms with E-state index in [-0.39, 0.29) is 0 Å². The average molecular weight is 249 g/mol. The lowest BCUT2D eigenvalue weighted by Gasteiger charge is -2.16. The number of aliphatic imine (C=N–C) groups is 1. The van der Waals surface area contributed by atoms with Crippen LogP contribution in [0, 0.1) is 0 Å². The van der Waals surface area contributed by atoms with E-state index in [4.69, 9.17) is 4.74 Å². The van der Waals surface area contributed by atoms with Crippen LogP contribution in [0.2, 0.25) is 0 Å². The van der Waals surface area contributed by atoms with Gasteiger partial charge in [-0.25, -0.2) is 0 Å². The van der Waals surface area contributed by atoms with Crippen LogP contribution in [0.4, 0.5) is 0 Å². The molecule has 1 rings (SSSR count). The van der Waals surface area contributed by atoms with Gasteiger partial charge in [-0.15, -0.1) is 0 Å². The molecule has 0 aliphatic rings. The summed E-state index contributed by atoms with van der Waals surface area (Å²) in [7, 11) is 5.68. The van der Waals surface area contributed by atoms with Gasteiger partial charge in [-0.1, -0.05) is 18.2 Å². The van der Waals surface area contributed by atoms with E-state index in [2.05, 4.69) is 23.3 Å². The summed E-state index contributed by atoms with van der Waals surface area (Å²) in [6, 6.07) is 8.07. The fourth-order valence-electron chi connectivity index (χ4n) is 1.71. The molecule has 0 saturated carbocycles. The van der Waals surface area contributed by atoms with E-state index in [0.29, 0.717) is 0 Å². The molecular weight excluding hydrogens is 226 g/mol. The summed E-state index contributed by atoms with van der Waals surface area (Å²) in [6.45, 7) is 3.70. The van der Waals surface area contributed by atoms with Gasteiger partial charge in [0.2, 0.25) is 0 Å². The van der Waals surface area contributed by atoms with E-state index in [1.54, 1.807) is 7.11 Å². The molecule has 0 aliphatic heterocycles. The van der Waals surface area contributed by atoms with Crippen LogP contribution in [-0.4, -0.2) is 45.2 Å².